The molecule has 1 atom stereocenters. The van der Waals surface area contributed by atoms with Crippen LogP contribution in [0.25, 0.3) is 0 Å². The van der Waals surface area contributed by atoms with Gasteiger partial charge in [0.2, 0.25) is 6.10 Å². The number of hydrogen-bond acceptors (Lipinski definition) is 6. The SMILES string of the molecule is COC(=O)C(OS(C)(=O)=O)c1ccc(C)s1. The number of rotatable bonds is 4. The van der Waals surface area contributed by atoms with Crippen molar-refractivity contribution < 1.29 is 22.1 Å². The third-order valence-electron chi connectivity index (χ3n) is 1.71. The molecular weight excluding hydrogens is 252 g/mol. The molecule has 1 aromatic heterocycles. The summed E-state index contributed by atoms with van der Waals surface area (Å²) in [6.07, 6.45) is -0.317. The Labute approximate surface area is 98.1 Å². The van der Waals surface area contributed by atoms with Crippen LogP contribution in [0.4, 0.5) is 0 Å². The van der Waals surface area contributed by atoms with Gasteiger partial charge in [-0.1, -0.05) is 0 Å². The van der Waals surface area contributed by atoms with Gasteiger partial charge < -0.3 is 4.74 Å². The number of ether oxygens (including phenoxy) is 1. The molecule has 0 saturated carbocycles. The van der Waals surface area contributed by atoms with Gasteiger partial charge in [0, 0.05) is 9.75 Å². The number of carbonyl (C=O) groups is 1. The maximum Gasteiger partial charge on any atom is 0.342 e. The fourth-order valence-corrected chi connectivity index (χ4v) is 2.57. The van der Waals surface area contributed by atoms with E-state index < -0.39 is 22.2 Å². The molecular formula is C9H12O5S2. The van der Waals surface area contributed by atoms with Gasteiger partial charge in [-0.25, -0.2) is 8.98 Å². The highest BCUT2D eigenvalue weighted by atomic mass is 32.2. The second-order valence-corrected chi connectivity index (χ2v) is 6.07. The van der Waals surface area contributed by atoms with E-state index in [0.29, 0.717) is 4.88 Å². The van der Waals surface area contributed by atoms with Gasteiger partial charge in [0.1, 0.15) is 0 Å². The monoisotopic (exact) mass is 264 g/mol. The summed E-state index contributed by atoms with van der Waals surface area (Å²) in [5, 5.41) is 0. The molecule has 0 radical (unpaired) electrons. The molecule has 90 valence electrons. The molecule has 1 heterocycles. The number of methoxy groups -OCH3 is 1. The van der Waals surface area contributed by atoms with Crippen LogP contribution >= 0.6 is 11.3 Å². The van der Waals surface area contributed by atoms with Gasteiger partial charge in [-0.3, -0.25) is 0 Å². The fraction of sp³-hybridized carbons (Fsp3) is 0.444. The van der Waals surface area contributed by atoms with Crippen LogP contribution < -0.4 is 0 Å². The Morgan fingerprint density at radius 2 is 2.06 bits per heavy atom. The highest BCUT2D eigenvalue weighted by Gasteiger charge is 2.27. The lowest BCUT2D eigenvalue weighted by molar-refractivity contribution is -0.148. The molecule has 0 aromatic carbocycles. The topological polar surface area (TPSA) is 69.7 Å². The quantitative estimate of drug-likeness (QED) is 0.604. The van der Waals surface area contributed by atoms with E-state index in [1.165, 1.54) is 18.4 Å². The second kappa shape index (κ2) is 4.94. The Hall–Kier alpha value is -0.920. The molecule has 0 amide bonds. The zero-order valence-corrected chi connectivity index (χ0v) is 10.7. The molecule has 5 nitrogen and oxygen atoms in total. The summed E-state index contributed by atoms with van der Waals surface area (Å²) in [5.41, 5.74) is 0. The molecule has 0 spiro atoms. The molecule has 0 fully saturated rings. The van der Waals surface area contributed by atoms with Crippen LogP contribution in [-0.2, 0) is 23.8 Å². The first-order valence-corrected chi connectivity index (χ1v) is 6.99. The van der Waals surface area contributed by atoms with E-state index in [4.69, 9.17) is 4.18 Å². The van der Waals surface area contributed by atoms with Crippen molar-refractivity contribution in [3.63, 3.8) is 0 Å². The van der Waals surface area contributed by atoms with Crippen LogP contribution in [0.15, 0.2) is 12.1 Å². The predicted molar refractivity (Wildman–Crippen MR) is 59.7 cm³/mol. The molecule has 7 heteroatoms. The van der Waals surface area contributed by atoms with Crippen molar-refractivity contribution in [2.24, 2.45) is 0 Å². The van der Waals surface area contributed by atoms with Crippen molar-refractivity contribution in [3.8, 4) is 0 Å². The Kier molecular flexibility index (Phi) is 4.06. The summed E-state index contributed by atoms with van der Waals surface area (Å²) in [4.78, 5) is 12.9. The number of hydrogen-bond donors (Lipinski definition) is 0. The molecule has 1 rings (SSSR count). The average molecular weight is 264 g/mol. The lowest BCUT2D eigenvalue weighted by Crippen LogP contribution is -2.19. The van der Waals surface area contributed by atoms with Crippen LogP contribution in [0.3, 0.4) is 0 Å². The minimum absolute atomic E-state index is 0.509. The average Bonchev–Trinajstić information content (AvgIpc) is 2.58. The van der Waals surface area contributed by atoms with Crippen molar-refractivity contribution >= 4 is 27.4 Å². The van der Waals surface area contributed by atoms with Crippen molar-refractivity contribution in [1.82, 2.24) is 0 Å². The molecule has 1 unspecified atom stereocenters. The first-order chi connectivity index (χ1) is 7.33. The molecule has 0 aliphatic rings. The Morgan fingerprint density at radius 1 is 1.44 bits per heavy atom. The van der Waals surface area contributed by atoms with Gasteiger partial charge >= 0.3 is 5.97 Å². The van der Waals surface area contributed by atoms with E-state index in [1.54, 1.807) is 12.1 Å². The van der Waals surface area contributed by atoms with E-state index in [9.17, 15) is 13.2 Å². The fourth-order valence-electron chi connectivity index (χ4n) is 1.08. The van der Waals surface area contributed by atoms with Crippen molar-refractivity contribution in [2.75, 3.05) is 13.4 Å². The van der Waals surface area contributed by atoms with E-state index in [0.717, 1.165) is 11.1 Å². The van der Waals surface area contributed by atoms with Gasteiger partial charge in [0.05, 0.1) is 13.4 Å². The zero-order valence-electron chi connectivity index (χ0n) is 9.09. The third-order valence-corrected chi connectivity index (χ3v) is 3.29. The Bertz CT molecular complexity index is 474. The van der Waals surface area contributed by atoms with Crippen LogP contribution in [-0.4, -0.2) is 27.8 Å². The maximum atomic E-state index is 11.4. The van der Waals surface area contributed by atoms with E-state index in [1.807, 2.05) is 6.92 Å². The summed E-state index contributed by atoms with van der Waals surface area (Å²) in [6.45, 7) is 1.85. The van der Waals surface area contributed by atoms with Crippen molar-refractivity contribution in [3.05, 3.63) is 21.9 Å². The largest absolute Gasteiger partial charge is 0.467 e. The van der Waals surface area contributed by atoms with Gasteiger partial charge in [0.15, 0.2) is 0 Å². The summed E-state index contributed by atoms with van der Waals surface area (Å²) in [6, 6.07) is 3.42. The normalized spacial score (nSPS) is 13.4. The minimum atomic E-state index is -3.71. The molecule has 0 N–H and O–H groups in total. The smallest absolute Gasteiger partial charge is 0.342 e. The highest BCUT2D eigenvalue weighted by molar-refractivity contribution is 7.86. The van der Waals surface area contributed by atoms with Gasteiger partial charge in [0.25, 0.3) is 10.1 Å². The van der Waals surface area contributed by atoms with Crippen molar-refractivity contribution in [1.29, 1.82) is 0 Å². The first-order valence-electron chi connectivity index (χ1n) is 4.36. The molecule has 1 aromatic rings. The molecule has 0 aliphatic carbocycles. The predicted octanol–water partition coefficient (Wildman–Crippen LogP) is 1.25. The molecule has 0 saturated heterocycles. The zero-order chi connectivity index (χ0) is 12.3. The van der Waals surface area contributed by atoms with Crippen LogP contribution in [0.5, 0.6) is 0 Å². The van der Waals surface area contributed by atoms with Gasteiger partial charge in [-0.2, -0.15) is 8.42 Å². The first kappa shape index (κ1) is 13.1. The van der Waals surface area contributed by atoms with E-state index in [2.05, 4.69) is 4.74 Å². The van der Waals surface area contributed by atoms with Crippen LogP contribution in [0.2, 0.25) is 0 Å². The molecule has 0 aliphatic heterocycles. The summed E-state index contributed by atoms with van der Waals surface area (Å²) < 4.78 is 31.2. The van der Waals surface area contributed by atoms with Crippen molar-refractivity contribution in [2.45, 2.75) is 13.0 Å². The standard InChI is InChI=1S/C9H12O5S2/c1-6-4-5-7(15-6)8(9(10)13-2)14-16(3,11)12/h4-5,8H,1-3H3. The molecule has 16 heavy (non-hydrogen) atoms. The summed E-state index contributed by atoms with van der Waals surface area (Å²) in [7, 11) is -2.53. The number of thiophene rings is 1. The van der Waals surface area contributed by atoms with Crippen LogP contribution in [0, 0.1) is 6.92 Å². The lowest BCUT2D eigenvalue weighted by atomic mass is 10.3. The third kappa shape index (κ3) is 3.58. The summed E-state index contributed by atoms with van der Waals surface area (Å²) >= 11 is 1.29. The minimum Gasteiger partial charge on any atom is -0.467 e. The summed E-state index contributed by atoms with van der Waals surface area (Å²) in [5.74, 6) is -0.729. The van der Waals surface area contributed by atoms with E-state index in [-0.39, 0.29) is 0 Å². The molecule has 0 bridgehead atoms. The number of carbonyl (C=O) groups excluding carboxylic acids is 1. The van der Waals surface area contributed by atoms with Crippen LogP contribution in [0.1, 0.15) is 15.9 Å². The maximum absolute atomic E-state index is 11.4. The number of esters is 1. The highest BCUT2D eigenvalue weighted by Crippen LogP contribution is 2.27. The lowest BCUT2D eigenvalue weighted by Gasteiger charge is -2.11. The Morgan fingerprint density at radius 3 is 2.44 bits per heavy atom. The Balaban J connectivity index is 3.01. The van der Waals surface area contributed by atoms with Gasteiger partial charge in [-0.15, -0.1) is 11.3 Å². The van der Waals surface area contributed by atoms with Gasteiger partial charge in [-0.05, 0) is 19.1 Å². The van der Waals surface area contributed by atoms with E-state index >= 15 is 0 Å². The number of aryl methyl sites for hydroxylation is 1. The second-order valence-electron chi connectivity index (χ2n) is 3.15.